The third-order valence-electron chi connectivity index (χ3n) is 4.30. The van der Waals surface area contributed by atoms with Crippen LogP contribution in [0.2, 0.25) is 0 Å². The molecule has 0 atom stereocenters. The number of carbonyl (C=O) groups is 1. The molecule has 0 saturated heterocycles. The second-order valence-electron chi connectivity index (χ2n) is 6.31. The SMILES string of the molecule is COc1cc(/C=N\NC(=O)c2ccccc2)cc(Br)c1OCc1ccccc1C. The largest absolute Gasteiger partial charge is 0.493 e. The number of ether oxygens (including phenoxy) is 2. The summed E-state index contributed by atoms with van der Waals surface area (Å²) in [5.41, 5.74) is 6.09. The van der Waals surface area contributed by atoms with Crippen LogP contribution in [0.1, 0.15) is 27.0 Å². The summed E-state index contributed by atoms with van der Waals surface area (Å²) in [6.07, 6.45) is 1.55. The molecule has 0 aromatic heterocycles. The Hall–Kier alpha value is -3.12. The summed E-state index contributed by atoms with van der Waals surface area (Å²) in [5, 5.41) is 4.03. The van der Waals surface area contributed by atoms with Crippen molar-refractivity contribution >= 4 is 28.1 Å². The van der Waals surface area contributed by atoms with Gasteiger partial charge in [-0.15, -0.1) is 0 Å². The van der Waals surface area contributed by atoms with Crippen molar-refractivity contribution in [3.05, 3.63) is 93.5 Å². The van der Waals surface area contributed by atoms with Gasteiger partial charge in [-0.2, -0.15) is 5.10 Å². The van der Waals surface area contributed by atoms with E-state index in [4.69, 9.17) is 9.47 Å². The fourth-order valence-electron chi connectivity index (χ4n) is 2.70. The van der Waals surface area contributed by atoms with Gasteiger partial charge >= 0.3 is 0 Å². The number of carbonyl (C=O) groups excluding carboxylic acids is 1. The van der Waals surface area contributed by atoms with Gasteiger partial charge in [-0.3, -0.25) is 4.79 Å². The number of rotatable bonds is 7. The molecule has 29 heavy (non-hydrogen) atoms. The second-order valence-corrected chi connectivity index (χ2v) is 7.17. The van der Waals surface area contributed by atoms with Gasteiger partial charge in [0.15, 0.2) is 11.5 Å². The van der Waals surface area contributed by atoms with Crippen molar-refractivity contribution in [2.45, 2.75) is 13.5 Å². The molecule has 3 aromatic carbocycles. The first-order chi connectivity index (χ1) is 14.1. The Morgan fingerprint density at radius 1 is 1.10 bits per heavy atom. The lowest BCUT2D eigenvalue weighted by molar-refractivity contribution is 0.0955. The van der Waals surface area contributed by atoms with E-state index in [2.05, 4.69) is 26.5 Å². The van der Waals surface area contributed by atoms with E-state index in [9.17, 15) is 4.79 Å². The monoisotopic (exact) mass is 452 g/mol. The molecule has 148 valence electrons. The fraction of sp³-hybridized carbons (Fsp3) is 0.130. The molecule has 0 aliphatic heterocycles. The van der Waals surface area contributed by atoms with Crippen LogP contribution < -0.4 is 14.9 Å². The molecular formula is C23H21BrN2O3. The minimum Gasteiger partial charge on any atom is -0.493 e. The Morgan fingerprint density at radius 3 is 2.55 bits per heavy atom. The fourth-order valence-corrected chi connectivity index (χ4v) is 3.27. The third kappa shape index (κ3) is 5.45. The Morgan fingerprint density at radius 2 is 1.83 bits per heavy atom. The predicted octanol–water partition coefficient (Wildman–Crippen LogP) is 5.11. The van der Waals surface area contributed by atoms with Crippen LogP contribution in [-0.4, -0.2) is 19.2 Å². The molecule has 0 unspecified atom stereocenters. The van der Waals surface area contributed by atoms with Crippen LogP contribution in [0.5, 0.6) is 11.5 Å². The molecule has 0 spiro atoms. The van der Waals surface area contributed by atoms with Gasteiger partial charge < -0.3 is 9.47 Å². The number of hydrogen-bond acceptors (Lipinski definition) is 4. The van der Waals surface area contributed by atoms with E-state index in [0.29, 0.717) is 23.7 Å². The molecule has 0 saturated carbocycles. The number of nitrogens with zero attached hydrogens (tertiary/aromatic N) is 1. The standard InChI is InChI=1S/C23H21BrN2O3/c1-16-8-6-7-11-19(16)15-29-22-20(24)12-17(13-21(22)28-2)14-25-26-23(27)18-9-4-3-5-10-18/h3-14H,15H2,1-2H3,(H,26,27)/b25-14-. The summed E-state index contributed by atoms with van der Waals surface area (Å²) in [6, 6.07) is 20.6. The van der Waals surface area contributed by atoms with Gasteiger partial charge in [0.1, 0.15) is 6.61 Å². The molecular weight excluding hydrogens is 432 g/mol. The van der Waals surface area contributed by atoms with Crippen molar-refractivity contribution in [1.29, 1.82) is 0 Å². The summed E-state index contributed by atoms with van der Waals surface area (Å²) in [6.45, 7) is 2.48. The van der Waals surface area contributed by atoms with E-state index in [1.165, 1.54) is 5.56 Å². The molecule has 1 amide bonds. The van der Waals surface area contributed by atoms with E-state index in [1.807, 2.05) is 43.3 Å². The Labute approximate surface area is 178 Å². The maximum atomic E-state index is 12.0. The first-order valence-electron chi connectivity index (χ1n) is 9.02. The molecule has 0 fully saturated rings. The van der Waals surface area contributed by atoms with Crippen LogP contribution in [0.4, 0.5) is 0 Å². The van der Waals surface area contributed by atoms with Crippen LogP contribution in [-0.2, 0) is 6.61 Å². The molecule has 5 nitrogen and oxygen atoms in total. The average molecular weight is 453 g/mol. The van der Waals surface area contributed by atoms with E-state index >= 15 is 0 Å². The van der Waals surface area contributed by atoms with Gasteiger partial charge in [0.2, 0.25) is 0 Å². The number of methoxy groups -OCH3 is 1. The highest BCUT2D eigenvalue weighted by atomic mass is 79.9. The highest BCUT2D eigenvalue weighted by molar-refractivity contribution is 9.10. The number of amides is 1. The van der Waals surface area contributed by atoms with Gasteiger partial charge in [-0.05, 0) is 63.8 Å². The molecule has 0 radical (unpaired) electrons. The molecule has 3 rings (SSSR count). The molecule has 6 heteroatoms. The van der Waals surface area contributed by atoms with Crippen LogP contribution in [0.3, 0.4) is 0 Å². The minimum atomic E-state index is -0.272. The average Bonchev–Trinajstić information content (AvgIpc) is 2.74. The van der Waals surface area contributed by atoms with E-state index in [0.717, 1.165) is 15.6 Å². The summed E-state index contributed by atoms with van der Waals surface area (Å²) in [5.74, 6) is 0.913. The number of hydrazone groups is 1. The summed E-state index contributed by atoms with van der Waals surface area (Å²) in [7, 11) is 1.58. The van der Waals surface area contributed by atoms with Crippen molar-refractivity contribution in [3.63, 3.8) is 0 Å². The second kappa shape index (κ2) is 9.89. The highest BCUT2D eigenvalue weighted by Gasteiger charge is 2.12. The lowest BCUT2D eigenvalue weighted by Gasteiger charge is -2.14. The maximum absolute atomic E-state index is 12.0. The first kappa shape index (κ1) is 20.6. The number of nitrogens with one attached hydrogen (secondary N) is 1. The van der Waals surface area contributed by atoms with Gasteiger partial charge in [0.05, 0.1) is 17.8 Å². The minimum absolute atomic E-state index is 0.272. The maximum Gasteiger partial charge on any atom is 0.271 e. The van der Waals surface area contributed by atoms with Crippen molar-refractivity contribution in [3.8, 4) is 11.5 Å². The zero-order valence-electron chi connectivity index (χ0n) is 16.2. The van der Waals surface area contributed by atoms with E-state index in [1.54, 1.807) is 43.7 Å². The third-order valence-corrected chi connectivity index (χ3v) is 4.89. The van der Waals surface area contributed by atoms with Crippen molar-refractivity contribution in [2.24, 2.45) is 5.10 Å². The molecule has 3 aromatic rings. The van der Waals surface area contributed by atoms with Crippen molar-refractivity contribution in [1.82, 2.24) is 5.43 Å². The van der Waals surface area contributed by atoms with Crippen LogP contribution in [0.25, 0.3) is 0 Å². The van der Waals surface area contributed by atoms with Gasteiger partial charge in [0.25, 0.3) is 5.91 Å². The summed E-state index contributed by atoms with van der Waals surface area (Å²) in [4.78, 5) is 12.0. The smallest absolute Gasteiger partial charge is 0.271 e. The summed E-state index contributed by atoms with van der Waals surface area (Å²) < 4.78 is 12.2. The number of benzene rings is 3. The lowest BCUT2D eigenvalue weighted by atomic mass is 10.1. The summed E-state index contributed by atoms with van der Waals surface area (Å²) >= 11 is 3.53. The normalized spacial score (nSPS) is 10.7. The van der Waals surface area contributed by atoms with Crippen molar-refractivity contribution < 1.29 is 14.3 Å². The number of hydrogen-bond donors (Lipinski definition) is 1. The van der Waals surface area contributed by atoms with Gasteiger partial charge in [-0.25, -0.2) is 5.43 Å². The molecule has 0 aliphatic rings. The number of halogens is 1. The Bertz CT molecular complexity index is 1020. The zero-order chi connectivity index (χ0) is 20.6. The molecule has 0 bridgehead atoms. The highest BCUT2D eigenvalue weighted by Crippen LogP contribution is 2.37. The molecule has 1 N–H and O–H groups in total. The van der Waals surface area contributed by atoms with Crippen molar-refractivity contribution in [2.75, 3.05) is 7.11 Å². The predicted molar refractivity (Wildman–Crippen MR) is 118 cm³/mol. The Kier molecular flexibility index (Phi) is 7.03. The first-order valence-corrected chi connectivity index (χ1v) is 9.81. The van der Waals surface area contributed by atoms with Crippen LogP contribution >= 0.6 is 15.9 Å². The lowest BCUT2D eigenvalue weighted by Crippen LogP contribution is -2.17. The van der Waals surface area contributed by atoms with Crippen LogP contribution in [0, 0.1) is 6.92 Å². The molecule has 0 heterocycles. The Balaban J connectivity index is 1.70. The quantitative estimate of drug-likeness (QED) is 0.400. The van der Waals surface area contributed by atoms with E-state index < -0.39 is 0 Å². The molecule has 0 aliphatic carbocycles. The zero-order valence-corrected chi connectivity index (χ0v) is 17.8. The van der Waals surface area contributed by atoms with Gasteiger partial charge in [0, 0.05) is 5.56 Å². The topological polar surface area (TPSA) is 59.9 Å². The van der Waals surface area contributed by atoms with E-state index in [-0.39, 0.29) is 5.91 Å². The van der Waals surface area contributed by atoms with Crippen LogP contribution in [0.15, 0.2) is 76.3 Å². The van der Waals surface area contributed by atoms with Gasteiger partial charge in [-0.1, -0.05) is 42.5 Å². The number of aryl methyl sites for hydroxylation is 1.